The molecular formula is C21H22ClFN2O2S. The first-order valence-electron chi connectivity index (χ1n) is 9.16. The molecule has 2 amide bonds. The lowest BCUT2D eigenvalue weighted by Gasteiger charge is -2.35. The van der Waals surface area contributed by atoms with Crippen molar-refractivity contribution in [2.24, 2.45) is 0 Å². The zero-order chi connectivity index (χ0) is 20.3. The third-order valence-corrected chi connectivity index (χ3v) is 5.89. The van der Waals surface area contributed by atoms with E-state index in [0.29, 0.717) is 37.0 Å². The summed E-state index contributed by atoms with van der Waals surface area (Å²) in [6, 6.07) is 11.4. The van der Waals surface area contributed by atoms with Crippen molar-refractivity contribution in [3.05, 3.63) is 64.4 Å². The van der Waals surface area contributed by atoms with E-state index in [1.54, 1.807) is 21.6 Å². The van der Waals surface area contributed by atoms with E-state index >= 15 is 0 Å². The van der Waals surface area contributed by atoms with Gasteiger partial charge in [0.05, 0.1) is 16.1 Å². The standard InChI is InChI=1S/C21H22ClFN2O2S/c1-14(2)28-19-6-4-3-5-17(19)21(27)25-11-9-24(10-12-25)20(26)16-8-7-15(23)13-18(16)22/h3-8,13-14H,9-12H2,1-2H3. The molecule has 0 atom stereocenters. The van der Waals surface area contributed by atoms with Crippen molar-refractivity contribution < 1.29 is 14.0 Å². The van der Waals surface area contributed by atoms with E-state index in [-0.39, 0.29) is 22.4 Å². The monoisotopic (exact) mass is 420 g/mol. The second kappa shape index (κ2) is 8.97. The predicted octanol–water partition coefficient (Wildman–Crippen LogP) is 4.58. The van der Waals surface area contributed by atoms with Crippen LogP contribution in [0.15, 0.2) is 47.4 Å². The van der Waals surface area contributed by atoms with Crippen LogP contribution in [0.5, 0.6) is 0 Å². The quantitative estimate of drug-likeness (QED) is 0.680. The molecule has 0 unspecified atom stereocenters. The van der Waals surface area contributed by atoms with Gasteiger partial charge in [0.2, 0.25) is 0 Å². The Balaban J connectivity index is 1.67. The van der Waals surface area contributed by atoms with Gasteiger partial charge in [-0.25, -0.2) is 4.39 Å². The zero-order valence-corrected chi connectivity index (χ0v) is 17.4. The van der Waals surface area contributed by atoms with Crippen molar-refractivity contribution in [1.29, 1.82) is 0 Å². The van der Waals surface area contributed by atoms with Gasteiger partial charge in [0.1, 0.15) is 5.82 Å². The minimum atomic E-state index is -0.477. The largest absolute Gasteiger partial charge is 0.335 e. The van der Waals surface area contributed by atoms with Gasteiger partial charge in [0.15, 0.2) is 0 Å². The number of thioether (sulfide) groups is 1. The molecule has 1 aliphatic rings. The molecule has 2 aromatic rings. The Kier molecular flexibility index (Phi) is 6.62. The van der Waals surface area contributed by atoms with Crippen LogP contribution >= 0.6 is 23.4 Å². The third kappa shape index (κ3) is 4.67. The summed E-state index contributed by atoms with van der Waals surface area (Å²) in [4.78, 5) is 30.0. The molecule has 1 saturated heterocycles. The number of amides is 2. The molecule has 0 aliphatic carbocycles. The van der Waals surface area contributed by atoms with Gasteiger partial charge in [-0.15, -0.1) is 11.8 Å². The van der Waals surface area contributed by atoms with Crippen LogP contribution in [0.1, 0.15) is 34.6 Å². The van der Waals surface area contributed by atoms with Gasteiger partial charge >= 0.3 is 0 Å². The summed E-state index contributed by atoms with van der Waals surface area (Å²) in [6.07, 6.45) is 0. The maximum atomic E-state index is 13.2. The molecule has 0 saturated carbocycles. The molecule has 7 heteroatoms. The molecule has 0 radical (unpaired) electrons. The minimum Gasteiger partial charge on any atom is -0.335 e. The van der Waals surface area contributed by atoms with Crippen molar-refractivity contribution in [3.8, 4) is 0 Å². The highest BCUT2D eigenvalue weighted by Gasteiger charge is 2.27. The number of hydrogen-bond acceptors (Lipinski definition) is 3. The van der Waals surface area contributed by atoms with Gasteiger partial charge in [-0.1, -0.05) is 37.6 Å². The normalized spacial score (nSPS) is 14.5. The maximum Gasteiger partial charge on any atom is 0.255 e. The van der Waals surface area contributed by atoms with Gasteiger partial charge in [-0.2, -0.15) is 0 Å². The zero-order valence-electron chi connectivity index (χ0n) is 15.8. The number of rotatable bonds is 4. The van der Waals surface area contributed by atoms with Crippen molar-refractivity contribution in [3.63, 3.8) is 0 Å². The summed E-state index contributed by atoms with van der Waals surface area (Å²) in [7, 11) is 0. The Morgan fingerprint density at radius 3 is 2.11 bits per heavy atom. The fourth-order valence-electron chi connectivity index (χ4n) is 3.12. The van der Waals surface area contributed by atoms with Gasteiger partial charge in [-0.3, -0.25) is 9.59 Å². The van der Waals surface area contributed by atoms with E-state index in [2.05, 4.69) is 13.8 Å². The maximum absolute atomic E-state index is 13.2. The lowest BCUT2D eigenvalue weighted by atomic mass is 10.1. The van der Waals surface area contributed by atoms with Crippen LogP contribution in [0, 0.1) is 5.82 Å². The lowest BCUT2D eigenvalue weighted by Crippen LogP contribution is -2.50. The summed E-state index contributed by atoms with van der Waals surface area (Å²) in [5.74, 6) is -0.738. The molecule has 1 fully saturated rings. The molecular weight excluding hydrogens is 399 g/mol. The molecule has 0 spiro atoms. The van der Waals surface area contributed by atoms with Crippen molar-refractivity contribution in [2.45, 2.75) is 24.0 Å². The molecule has 0 N–H and O–H groups in total. The highest BCUT2D eigenvalue weighted by molar-refractivity contribution is 8.00. The highest BCUT2D eigenvalue weighted by Crippen LogP contribution is 2.28. The van der Waals surface area contributed by atoms with Crippen molar-refractivity contribution >= 4 is 35.2 Å². The average molecular weight is 421 g/mol. The Morgan fingerprint density at radius 1 is 0.964 bits per heavy atom. The molecule has 4 nitrogen and oxygen atoms in total. The van der Waals surface area contributed by atoms with E-state index in [1.807, 2.05) is 24.3 Å². The van der Waals surface area contributed by atoms with Crippen LogP contribution in [-0.2, 0) is 0 Å². The van der Waals surface area contributed by atoms with Crippen LogP contribution in [-0.4, -0.2) is 53.0 Å². The molecule has 0 aromatic heterocycles. The molecule has 3 rings (SSSR count). The summed E-state index contributed by atoms with van der Waals surface area (Å²) < 4.78 is 13.2. The van der Waals surface area contributed by atoms with Crippen LogP contribution in [0.25, 0.3) is 0 Å². The first kappa shape index (κ1) is 20.7. The molecule has 148 valence electrons. The minimum absolute atomic E-state index is 0.0179. The summed E-state index contributed by atoms with van der Waals surface area (Å²) in [6.45, 7) is 5.91. The molecule has 2 aromatic carbocycles. The molecule has 0 bridgehead atoms. The summed E-state index contributed by atoms with van der Waals surface area (Å²) in [5, 5.41) is 0.479. The number of carbonyl (C=O) groups excluding carboxylic acids is 2. The molecule has 1 aliphatic heterocycles. The van der Waals surface area contributed by atoms with Crippen LogP contribution in [0.3, 0.4) is 0 Å². The number of hydrogen-bond donors (Lipinski definition) is 0. The van der Waals surface area contributed by atoms with Crippen LogP contribution in [0.4, 0.5) is 4.39 Å². The van der Waals surface area contributed by atoms with E-state index < -0.39 is 5.82 Å². The third-order valence-electron chi connectivity index (χ3n) is 4.50. The second-order valence-corrected chi connectivity index (χ2v) is 8.90. The van der Waals surface area contributed by atoms with E-state index in [4.69, 9.17) is 11.6 Å². The van der Waals surface area contributed by atoms with Gasteiger partial charge in [-0.05, 0) is 30.3 Å². The Morgan fingerprint density at radius 2 is 1.54 bits per heavy atom. The molecule has 1 heterocycles. The summed E-state index contributed by atoms with van der Waals surface area (Å²) >= 11 is 7.67. The fraction of sp³-hybridized carbons (Fsp3) is 0.333. The number of piperazine rings is 1. The Bertz CT molecular complexity index is 882. The predicted molar refractivity (Wildman–Crippen MR) is 111 cm³/mol. The smallest absolute Gasteiger partial charge is 0.255 e. The van der Waals surface area contributed by atoms with Crippen LogP contribution in [0.2, 0.25) is 5.02 Å². The fourth-order valence-corrected chi connectivity index (χ4v) is 4.31. The first-order chi connectivity index (χ1) is 13.4. The van der Waals surface area contributed by atoms with Gasteiger partial charge in [0.25, 0.3) is 11.8 Å². The van der Waals surface area contributed by atoms with Crippen LogP contribution < -0.4 is 0 Å². The number of benzene rings is 2. The Labute approximate surface area is 173 Å². The highest BCUT2D eigenvalue weighted by atomic mass is 35.5. The van der Waals surface area contributed by atoms with Crippen molar-refractivity contribution in [1.82, 2.24) is 9.80 Å². The van der Waals surface area contributed by atoms with Crippen molar-refractivity contribution in [2.75, 3.05) is 26.2 Å². The van der Waals surface area contributed by atoms with E-state index in [0.717, 1.165) is 11.0 Å². The van der Waals surface area contributed by atoms with Gasteiger partial charge in [0, 0.05) is 36.3 Å². The average Bonchev–Trinajstić information content (AvgIpc) is 2.67. The first-order valence-corrected chi connectivity index (χ1v) is 10.4. The Hall–Kier alpha value is -2.05. The van der Waals surface area contributed by atoms with E-state index in [9.17, 15) is 14.0 Å². The number of nitrogens with zero attached hydrogens (tertiary/aromatic N) is 2. The second-order valence-electron chi connectivity index (χ2n) is 6.87. The molecule has 28 heavy (non-hydrogen) atoms. The number of carbonyl (C=O) groups is 2. The number of halogens is 2. The summed E-state index contributed by atoms with van der Waals surface area (Å²) in [5.41, 5.74) is 0.976. The van der Waals surface area contributed by atoms with Gasteiger partial charge < -0.3 is 9.80 Å². The lowest BCUT2D eigenvalue weighted by molar-refractivity contribution is 0.0533. The SMILES string of the molecule is CC(C)Sc1ccccc1C(=O)N1CCN(C(=O)c2ccc(F)cc2Cl)CC1. The topological polar surface area (TPSA) is 40.6 Å². The van der Waals surface area contributed by atoms with E-state index in [1.165, 1.54) is 12.1 Å².